The number of esters is 1. The number of nitrogens with zero attached hydrogens (tertiary/aromatic N) is 3. The van der Waals surface area contributed by atoms with Gasteiger partial charge in [0.05, 0.1) is 17.9 Å². The zero-order valence-corrected chi connectivity index (χ0v) is 18.2. The molecule has 156 valence electrons. The average molecular weight is 422 g/mol. The Kier molecular flexibility index (Phi) is 5.42. The largest absolute Gasteiger partial charge is 0.466 e. The lowest BCUT2D eigenvalue weighted by Gasteiger charge is -2.32. The second-order valence-corrected chi connectivity index (χ2v) is 9.26. The first-order valence-corrected chi connectivity index (χ1v) is 11.8. The third-order valence-corrected chi connectivity index (χ3v) is 7.40. The highest BCUT2D eigenvalue weighted by molar-refractivity contribution is 7.19. The molecule has 5 nitrogen and oxygen atoms in total. The van der Waals surface area contributed by atoms with Crippen molar-refractivity contribution in [2.45, 2.75) is 45.4 Å². The SMILES string of the molecule is CCOC(=O)C1CCN(c2nc(Cc3ccccc3)nc3sc4c(c23)CCC4)CC1. The van der Waals surface area contributed by atoms with E-state index in [0.717, 1.165) is 61.7 Å². The zero-order chi connectivity index (χ0) is 20.5. The van der Waals surface area contributed by atoms with Crippen LogP contribution < -0.4 is 4.90 Å². The van der Waals surface area contributed by atoms with Gasteiger partial charge in [0, 0.05) is 24.4 Å². The smallest absolute Gasteiger partial charge is 0.309 e. The molecule has 0 atom stereocenters. The van der Waals surface area contributed by atoms with Gasteiger partial charge in [-0.05, 0) is 50.2 Å². The summed E-state index contributed by atoms with van der Waals surface area (Å²) in [6.07, 6.45) is 5.91. The summed E-state index contributed by atoms with van der Waals surface area (Å²) in [5.41, 5.74) is 2.69. The van der Waals surface area contributed by atoms with Crippen LogP contribution in [0, 0.1) is 5.92 Å². The molecule has 0 spiro atoms. The molecule has 0 unspecified atom stereocenters. The van der Waals surface area contributed by atoms with E-state index in [-0.39, 0.29) is 11.9 Å². The van der Waals surface area contributed by atoms with Crippen LogP contribution in [0.1, 0.15) is 48.0 Å². The van der Waals surface area contributed by atoms with E-state index < -0.39 is 0 Å². The highest BCUT2D eigenvalue weighted by Crippen LogP contribution is 2.41. The number of ether oxygens (including phenoxy) is 1. The highest BCUT2D eigenvalue weighted by atomic mass is 32.1. The second-order valence-electron chi connectivity index (χ2n) is 8.18. The van der Waals surface area contributed by atoms with Gasteiger partial charge in [-0.15, -0.1) is 11.3 Å². The summed E-state index contributed by atoms with van der Waals surface area (Å²) in [5.74, 6) is 1.92. The van der Waals surface area contributed by atoms with E-state index in [0.29, 0.717) is 6.61 Å². The minimum absolute atomic E-state index is 0.00973. The molecule has 0 N–H and O–H groups in total. The van der Waals surface area contributed by atoms with Crippen molar-refractivity contribution in [1.82, 2.24) is 9.97 Å². The van der Waals surface area contributed by atoms with Gasteiger partial charge in [0.1, 0.15) is 16.5 Å². The van der Waals surface area contributed by atoms with Gasteiger partial charge < -0.3 is 9.64 Å². The number of thiophene rings is 1. The molecule has 1 aliphatic carbocycles. The molecule has 0 saturated carbocycles. The number of rotatable bonds is 5. The molecule has 3 heterocycles. The fraction of sp³-hybridized carbons (Fsp3) is 0.458. The van der Waals surface area contributed by atoms with Crippen LogP contribution in [0.2, 0.25) is 0 Å². The van der Waals surface area contributed by atoms with E-state index in [2.05, 4.69) is 29.2 Å². The van der Waals surface area contributed by atoms with Gasteiger partial charge in [0.2, 0.25) is 0 Å². The van der Waals surface area contributed by atoms with Crippen molar-refractivity contribution in [3.8, 4) is 0 Å². The summed E-state index contributed by atoms with van der Waals surface area (Å²) in [4.78, 5) is 27.2. The van der Waals surface area contributed by atoms with Crippen LogP contribution in [0.5, 0.6) is 0 Å². The summed E-state index contributed by atoms with van der Waals surface area (Å²) in [6.45, 7) is 4.00. The van der Waals surface area contributed by atoms with Crippen molar-refractivity contribution in [2.24, 2.45) is 5.92 Å². The molecule has 5 rings (SSSR count). The Hall–Kier alpha value is -2.47. The summed E-state index contributed by atoms with van der Waals surface area (Å²) >= 11 is 1.85. The van der Waals surface area contributed by atoms with Crippen molar-refractivity contribution in [3.63, 3.8) is 0 Å². The molecular weight excluding hydrogens is 394 g/mol. The zero-order valence-electron chi connectivity index (χ0n) is 17.4. The van der Waals surface area contributed by atoms with Crippen molar-refractivity contribution in [3.05, 3.63) is 52.2 Å². The third kappa shape index (κ3) is 3.69. The summed E-state index contributed by atoms with van der Waals surface area (Å²) in [7, 11) is 0. The Labute approximate surface area is 181 Å². The van der Waals surface area contributed by atoms with Crippen LogP contribution in [0.25, 0.3) is 10.2 Å². The number of benzene rings is 1. The number of hydrogen-bond acceptors (Lipinski definition) is 6. The van der Waals surface area contributed by atoms with Gasteiger partial charge in [-0.1, -0.05) is 30.3 Å². The van der Waals surface area contributed by atoms with E-state index in [1.54, 1.807) is 0 Å². The molecular formula is C24H27N3O2S. The predicted molar refractivity (Wildman–Crippen MR) is 120 cm³/mol. The van der Waals surface area contributed by atoms with Crippen LogP contribution in [0.15, 0.2) is 30.3 Å². The minimum atomic E-state index is -0.0498. The van der Waals surface area contributed by atoms with E-state index in [1.165, 1.54) is 27.8 Å². The van der Waals surface area contributed by atoms with Crippen molar-refractivity contribution < 1.29 is 9.53 Å². The van der Waals surface area contributed by atoms with E-state index in [9.17, 15) is 4.79 Å². The summed E-state index contributed by atoms with van der Waals surface area (Å²) in [5, 5.41) is 1.26. The first-order valence-electron chi connectivity index (χ1n) is 11.0. The van der Waals surface area contributed by atoms with Crippen LogP contribution >= 0.6 is 11.3 Å². The van der Waals surface area contributed by atoms with Crippen molar-refractivity contribution in [2.75, 3.05) is 24.6 Å². The Morgan fingerprint density at radius 1 is 1.17 bits per heavy atom. The second kappa shape index (κ2) is 8.34. The topological polar surface area (TPSA) is 55.3 Å². The van der Waals surface area contributed by atoms with Crippen LogP contribution in [0.3, 0.4) is 0 Å². The summed E-state index contributed by atoms with van der Waals surface area (Å²) < 4.78 is 5.24. The number of carbonyl (C=O) groups excluding carboxylic acids is 1. The average Bonchev–Trinajstić information content (AvgIpc) is 3.35. The Morgan fingerprint density at radius 2 is 1.97 bits per heavy atom. The number of anilines is 1. The molecule has 2 aromatic heterocycles. The van der Waals surface area contributed by atoms with Gasteiger partial charge in [-0.2, -0.15) is 0 Å². The van der Waals surface area contributed by atoms with Crippen LogP contribution in [-0.4, -0.2) is 35.6 Å². The maximum atomic E-state index is 12.2. The number of piperidine rings is 1. The molecule has 1 fully saturated rings. The molecule has 1 aromatic carbocycles. The number of hydrogen-bond donors (Lipinski definition) is 0. The molecule has 0 radical (unpaired) electrons. The predicted octanol–water partition coefficient (Wildman–Crippen LogP) is 4.55. The summed E-state index contributed by atoms with van der Waals surface area (Å²) in [6, 6.07) is 10.4. The highest BCUT2D eigenvalue weighted by Gasteiger charge is 2.30. The standard InChI is InChI=1S/C24H27N3O2S/c1-2-29-24(28)17-11-13-27(14-12-17)22-21-18-9-6-10-19(18)30-23(21)26-20(25-22)15-16-7-4-3-5-8-16/h3-5,7-8,17H,2,6,9-15H2,1H3. The lowest BCUT2D eigenvalue weighted by molar-refractivity contribution is -0.148. The maximum Gasteiger partial charge on any atom is 0.309 e. The quantitative estimate of drug-likeness (QED) is 0.566. The monoisotopic (exact) mass is 421 g/mol. The molecule has 1 saturated heterocycles. The van der Waals surface area contributed by atoms with Crippen LogP contribution in [-0.2, 0) is 28.8 Å². The van der Waals surface area contributed by atoms with E-state index in [4.69, 9.17) is 14.7 Å². The first-order chi connectivity index (χ1) is 14.7. The molecule has 1 aliphatic heterocycles. The maximum absolute atomic E-state index is 12.2. The van der Waals surface area contributed by atoms with Gasteiger partial charge in [-0.25, -0.2) is 9.97 Å². The molecule has 30 heavy (non-hydrogen) atoms. The Bertz CT molecular complexity index is 1060. The lowest BCUT2D eigenvalue weighted by Crippen LogP contribution is -2.37. The van der Waals surface area contributed by atoms with Gasteiger partial charge >= 0.3 is 5.97 Å². The fourth-order valence-electron chi connectivity index (χ4n) is 4.69. The van der Waals surface area contributed by atoms with Crippen molar-refractivity contribution in [1.29, 1.82) is 0 Å². The number of fused-ring (bicyclic) bond motifs is 3. The normalized spacial score (nSPS) is 16.8. The van der Waals surface area contributed by atoms with E-state index in [1.807, 2.05) is 24.3 Å². The number of aromatic nitrogens is 2. The Balaban J connectivity index is 1.47. The molecule has 3 aromatic rings. The first kappa shape index (κ1) is 19.5. The number of aryl methyl sites for hydroxylation is 2. The molecule has 0 bridgehead atoms. The molecule has 0 amide bonds. The van der Waals surface area contributed by atoms with Gasteiger partial charge in [0.15, 0.2) is 0 Å². The van der Waals surface area contributed by atoms with Gasteiger partial charge in [0.25, 0.3) is 0 Å². The molecule has 6 heteroatoms. The van der Waals surface area contributed by atoms with Crippen molar-refractivity contribution >= 4 is 33.3 Å². The molecule has 2 aliphatic rings. The minimum Gasteiger partial charge on any atom is -0.466 e. The van der Waals surface area contributed by atoms with Gasteiger partial charge in [-0.3, -0.25) is 4.79 Å². The number of carbonyl (C=O) groups is 1. The lowest BCUT2D eigenvalue weighted by atomic mass is 9.96. The third-order valence-electron chi connectivity index (χ3n) is 6.21. The fourth-order valence-corrected chi connectivity index (χ4v) is 5.97. The van der Waals surface area contributed by atoms with E-state index >= 15 is 0 Å². The van der Waals surface area contributed by atoms with Crippen LogP contribution in [0.4, 0.5) is 5.82 Å². The Morgan fingerprint density at radius 3 is 2.73 bits per heavy atom.